The van der Waals surface area contributed by atoms with Crippen molar-refractivity contribution in [3.63, 3.8) is 0 Å². The molecule has 2 aromatic rings. The van der Waals surface area contributed by atoms with Gasteiger partial charge in [0.2, 0.25) is 0 Å². The lowest BCUT2D eigenvalue weighted by Gasteiger charge is -2.18. The number of aromatic nitrogens is 2. The Labute approximate surface area is 123 Å². The number of rotatable bonds is 4. The van der Waals surface area contributed by atoms with E-state index >= 15 is 0 Å². The highest BCUT2D eigenvalue weighted by Crippen LogP contribution is 2.24. The molecule has 1 amide bonds. The summed E-state index contributed by atoms with van der Waals surface area (Å²) in [5, 5.41) is 2.64. The summed E-state index contributed by atoms with van der Waals surface area (Å²) in [5.74, 6) is -0.773. The molecule has 0 fully saturated rings. The van der Waals surface area contributed by atoms with E-state index in [1.165, 1.54) is 6.92 Å². The number of imidazole rings is 1. The van der Waals surface area contributed by atoms with Gasteiger partial charge in [-0.25, -0.2) is 9.37 Å². The summed E-state index contributed by atoms with van der Waals surface area (Å²) in [6, 6.07) is 7.62. The lowest BCUT2D eigenvalue weighted by molar-refractivity contribution is -0.119. The average Bonchev–Trinajstić information content (AvgIpc) is 2.85. The number of allylic oxidation sites excluding steroid dienone is 1. The van der Waals surface area contributed by atoms with Gasteiger partial charge in [0, 0.05) is 6.04 Å². The van der Waals surface area contributed by atoms with Gasteiger partial charge in [0.15, 0.2) is 5.83 Å². The number of nitrogens with one attached hydrogen (secondary N) is 1. The topological polar surface area (TPSA) is 46.9 Å². The Kier molecular flexibility index (Phi) is 4.40. The summed E-state index contributed by atoms with van der Waals surface area (Å²) in [7, 11) is 0. The summed E-state index contributed by atoms with van der Waals surface area (Å²) >= 11 is 0. The van der Waals surface area contributed by atoms with E-state index < -0.39 is 11.7 Å². The molecule has 0 radical (unpaired) electrons. The monoisotopic (exact) mass is 289 g/mol. The van der Waals surface area contributed by atoms with Crippen LogP contribution in [0.2, 0.25) is 0 Å². The quantitative estimate of drug-likeness (QED) is 0.873. The van der Waals surface area contributed by atoms with Crippen molar-refractivity contribution in [1.29, 1.82) is 0 Å². The Bertz CT molecular complexity index is 688. The standard InChI is InChI=1S/C16H20FN3O/c1-5-12(17)16(21)18-11(4)15-19-13-8-6-7-9-14(13)20(15)10(2)3/h5-11H,1-4H3,(H,18,21). The molecule has 112 valence electrons. The molecule has 1 aromatic heterocycles. The molecule has 0 saturated carbocycles. The molecule has 0 spiro atoms. The Hall–Kier alpha value is -2.17. The lowest BCUT2D eigenvalue weighted by Crippen LogP contribution is -2.29. The minimum Gasteiger partial charge on any atom is -0.340 e. The van der Waals surface area contributed by atoms with Gasteiger partial charge in [-0.2, -0.15) is 0 Å². The van der Waals surface area contributed by atoms with Crippen LogP contribution < -0.4 is 5.32 Å². The van der Waals surface area contributed by atoms with Crippen molar-refractivity contribution in [2.24, 2.45) is 0 Å². The molecular formula is C16H20FN3O. The van der Waals surface area contributed by atoms with Crippen LogP contribution in [0.4, 0.5) is 4.39 Å². The molecule has 1 atom stereocenters. The highest BCUT2D eigenvalue weighted by molar-refractivity contribution is 5.91. The van der Waals surface area contributed by atoms with Crippen molar-refractivity contribution in [1.82, 2.24) is 14.9 Å². The third-order valence-electron chi connectivity index (χ3n) is 3.34. The predicted octanol–water partition coefficient (Wildman–Crippen LogP) is 3.67. The predicted molar refractivity (Wildman–Crippen MR) is 81.5 cm³/mol. The van der Waals surface area contributed by atoms with E-state index in [1.807, 2.05) is 24.3 Å². The van der Waals surface area contributed by atoms with Crippen molar-refractivity contribution in [3.05, 3.63) is 42.0 Å². The number of para-hydroxylation sites is 2. The van der Waals surface area contributed by atoms with Gasteiger partial charge in [0.25, 0.3) is 5.91 Å². The van der Waals surface area contributed by atoms with Crippen LogP contribution in [-0.4, -0.2) is 15.5 Å². The van der Waals surface area contributed by atoms with Gasteiger partial charge >= 0.3 is 0 Å². The van der Waals surface area contributed by atoms with Crippen LogP contribution in [0.25, 0.3) is 11.0 Å². The summed E-state index contributed by atoms with van der Waals surface area (Å²) in [6.45, 7) is 7.40. The number of amides is 1. The van der Waals surface area contributed by atoms with Crippen LogP contribution in [-0.2, 0) is 4.79 Å². The lowest BCUT2D eigenvalue weighted by atomic mass is 10.2. The first kappa shape index (κ1) is 15.2. The van der Waals surface area contributed by atoms with Crippen LogP contribution in [0.5, 0.6) is 0 Å². The second-order valence-corrected chi connectivity index (χ2v) is 5.25. The van der Waals surface area contributed by atoms with Crippen LogP contribution in [0.15, 0.2) is 36.2 Å². The number of fused-ring (bicyclic) bond motifs is 1. The van der Waals surface area contributed by atoms with E-state index in [1.54, 1.807) is 6.92 Å². The van der Waals surface area contributed by atoms with E-state index in [-0.39, 0.29) is 12.1 Å². The van der Waals surface area contributed by atoms with Gasteiger partial charge in [0.05, 0.1) is 17.1 Å². The molecule has 4 nitrogen and oxygen atoms in total. The number of carbonyl (C=O) groups is 1. The first-order valence-corrected chi connectivity index (χ1v) is 7.05. The molecule has 0 aliphatic heterocycles. The second-order valence-electron chi connectivity index (χ2n) is 5.25. The number of hydrogen-bond acceptors (Lipinski definition) is 2. The van der Waals surface area contributed by atoms with Gasteiger partial charge < -0.3 is 9.88 Å². The number of halogens is 1. The molecular weight excluding hydrogens is 269 g/mol. The SMILES string of the molecule is CC=C(F)C(=O)NC(C)c1nc2ccccc2n1C(C)C. The van der Waals surface area contributed by atoms with Gasteiger partial charge in [-0.3, -0.25) is 4.79 Å². The van der Waals surface area contributed by atoms with E-state index in [0.29, 0.717) is 0 Å². The first-order chi connectivity index (χ1) is 9.95. The fraction of sp³-hybridized carbons (Fsp3) is 0.375. The van der Waals surface area contributed by atoms with E-state index in [9.17, 15) is 9.18 Å². The number of nitrogens with zero attached hydrogens (tertiary/aromatic N) is 2. The average molecular weight is 289 g/mol. The van der Waals surface area contributed by atoms with Crippen molar-refractivity contribution >= 4 is 16.9 Å². The molecule has 1 aromatic carbocycles. The zero-order chi connectivity index (χ0) is 15.6. The summed E-state index contributed by atoms with van der Waals surface area (Å²) in [4.78, 5) is 16.2. The molecule has 0 saturated heterocycles. The fourth-order valence-corrected chi connectivity index (χ4v) is 2.37. The highest BCUT2D eigenvalue weighted by atomic mass is 19.1. The molecule has 0 aliphatic carbocycles. The molecule has 21 heavy (non-hydrogen) atoms. The molecule has 0 aliphatic rings. The molecule has 1 N–H and O–H groups in total. The largest absolute Gasteiger partial charge is 0.340 e. The van der Waals surface area contributed by atoms with Crippen molar-refractivity contribution in [2.75, 3.05) is 0 Å². The smallest absolute Gasteiger partial charge is 0.280 e. The molecule has 5 heteroatoms. The van der Waals surface area contributed by atoms with E-state index in [4.69, 9.17) is 0 Å². The zero-order valence-corrected chi connectivity index (χ0v) is 12.7. The Morgan fingerprint density at radius 2 is 2.00 bits per heavy atom. The van der Waals surface area contributed by atoms with Gasteiger partial charge in [-0.1, -0.05) is 12.1 Å². The van der Waals surface area contributed by atoms with Crippen molar-refractivity contribution in [3.8, 4) is 0 Å². The third kappa shape index (κ3) is 2.96. The van der Waals surface area contributed by atoms with Crippen molar-refractivity contribution in [2.45, 2.75) is 39.8 Å². The molecule has 1 unspecified atom stereocenters. The fourth-order valence-electron chi connectivity index (χ4n) is 2.37. The number of hydrogen-bond donors (Lipinski definition) is 1. The molecule has 2 rings (SSSR count). The molecule has 0 bridgehead atoms. The number of benzene rings is 1. The normalized spacial score (nSPS) is 13.7. The summed E-state index contributed by atoms with van der Waals surface area (Å²) in [6.07, 6.45) is 1.15. The maximum Gasteiger partial charge on any atom is 0.280 e. The van der Waals surface area contributed by atoms with Gasteiger partial charge in [-0.15, -0.1) is 0 Å². The zero-order valence-electron chi connectivity index (χ0n) is 12.7. The Balaban J connectivity index is 2.41. The molecule has 1 heterocycles. The van der Waals surface area contributed by atoms with Crippen LogP contribution >= 0.6 is 0 Å². The highest BCUT2D eigenvalue weighted by Gasteiger charge is 2.20. The van der Waals surface area contributed by atoms with Crippen LogP contribution in [0, 0.1) is 0 Å². The van der Waals surface area contributed by atoms with Crippen LogP contribution in [0.1, 0.15) is 45.6 Å². The third-order valence-corrected chi connectivity index (χ3v) is 3.34. The van der Waals surface area contributed by atoms with E-state index in [0.717, 1.165) is 22.9 Å². The van der Waals surface area contributed by atoms with E-state index in [2.05, 4.69) is 28.7 Å². The Morgan fingerprint density at radius 1 is 1.33 bits per heavy atom. The minimum absolute atomic E-state index is 0.193. The number of carbonyl (C=O) groups excluding carboxylic acids is 1. The first-order valence-electron chi connectivity index (χ1n) is 7.05. The maximum absolute atomic E-state index is 13.3. The minimum atomic E-state index is -0.783. The van der Waals surface area contributed by atoms with Crippen LogP contribution in [0.3, 0.4) is 0 Å². The maximum atomic E-state index is 13.3. The summed E-state index contributed by atoms with van der Waals surface area (Å²) in [5.41, 5.74) is 1.88. The second kappa shape index (κ2) is 6.08. The van der Waals surface area contributed by atoms with Gasteiger partial charge in [-0.05, 0) is 45.9 Å². The van der Waals surface area contributed by atoms with Crippen molar-refractivity contribution < 1.29 is 9.18 Å². The Morgan fingerprint density at radius 3 is 2.62 bits per heavy atom. The summed E-state index contributed by atoms with van der Waals surface area (Å²) < 4.78 is 15.4. The van der Waals surface area contributed by atoms with Gasteiger partial charge in [0.1, 0.15) is 5.82 Å².